The zero-order valence-corrected chi connectivity index (χ0v) is 13.1. The van der Waals surface area contributed by atoms with Gasteiger partial charge in [0.2, 0.25) is 0 Å². The van der Waals surface area contributed by atoms with Gasteiger partial charge in [-0.05, 0) is 43.0 Å². The molecule has 21 heavy (non-hydrogen) atoms. The third-order valence-electron chi connectivity index (χ3n) is 2.96. The van der Waals surface area contributed by atoms with E-state index in [1.165, 1.54) is 12.1 Å². The lowest BCUT2D eigenvalue weighted by atomic mass is 10.1. The Labute approximate surface area is 125 Å². The molecule has 0 radical (unpaired) electrons. The quantitative estimate of drug-likeness (QED) is 0.811. The molecule has 0 aliphatic heterocycles. The van der Waals surface area contributed by atoms with Crippen molar-refractivity contribution in [3.8, 4) is 0 Å². The highest BCUT2D eigenvalue weighted by Crippen LogP contribution is 2.14. The van der Waals surface area contributed by atoms with Gasteiger partial charge in [-0.25, -0.2) is 4.39 Å². The first-order chi connectivity index (χ1) is 9.81. The smallest absolute Gasteiger partial charge is 0.251 e. The number of amides is 1. The Kier molecular flexibility index (Phi) is 6.78. The molecule has 0 bridgehead atoms. The molecule has 118 valence electrons. The number of benzene rings is 1. The number of halogens is 1. The maximum Gasteiger partial charge on any atom is 0.251 e. The molecule has 1 aromatic rings. The minimum absolute atomic E-state index is 0.104. The molecule has 0 heterocycles. The van der Waals surface area contributed by atoms with Crippen LogP contribution in [0.3, 0.4) is 0 Å². The summed E-state index contributed by atoms with van der Waals surface area (Å²) in [7, 11) is 0. The highest BCUT2D eigenvalue weighted by atomic mass is 19.1. The fraction of sp³-hybridized carbons (Fsp3) is 0.562. The van der Waals surface area contributed by atoms with Crippen LogP contribution < -0.4 is 5.32 Å². The summed E-state index contributed by atoms with van der Waals surface area (Å²) in [5.74, 6) is -0.227. The predicted octanol–water partition coefficient (Wildman–Crippen LogP) is 2.21. The van der Waals surface area contributed by atoms with Gasteiger partial charge in [0.25, 0.3) is 5.91 Å². The minimum atomic E-state index is -0.754. The van der Waals surface area contributed by atoms with Crippen molar-refractivity contribution in [1.29, 1.82) is 0 Å². The molecule has 5 heteroatoms. The number of aliphatic hydroxyl groups is 1. The molecule has 0 aliphatic rings. The Morgan fingerprint density at radius 1 is 1.29 bits per heavy atom. The average molecular weight is 297 g/mol. The summed E-state index contributed by atoms with van der Waals surface area (Å²) in [6, 6.07) is 3.00. The highest BCUT2D eigenvalue weighted by molar-refractivity contribution is 5.94. The zero-order chi connectivity index (χ0) is 16.0. The van der Waals surface area contributed by atoms with Gasteiger partial charge >= 0.3 is 0 Å². The van der Waals surface area contributed by atoms with E-state index in [4.69, 9.17) is 4.74 Å². The molecule has 1 rings (SSSR count). The first-order valence-electron chi connectivity index (χ1n) is 7.12. The number of carbonyl (C=O) groups is 1. The average Bonchev–Trinajstić information content (AvgIpc) is 2.41. The van der Waals surface area contributed by atoms with Gasteiger partial charge in [0, 0.05) is 18.7 Å². The summed E-state index contributed by atoms with van der Waals surface area (Å²) in [4.78, 5) is 12.0. The van der Waals surface area contributed by atoms with Crippen LogP contribution in [0.5, 0.6) is 0 Å². The second-order valence-electron chi connectivity index (χ2n) is 5.72. The van der Waals surface area contributed by atoms with E-state index in [1.54, 1.807) is 13.8 Å². The maximum atomic E-state index is 13.5. The monoisotopic (exact) mass is 297 g/mol. The van der Waals surface area contributed by atoms with E-state index in [9.17, 15) is 14.3 Å². The number of hydrogen-bond acceptors (Lipinski definition) is 3. The molecule has 1 amide bonds. The van der Waals surface area contributed by atoms with Crippen LogP contribution >= 0.6 is 0 Å². The Morgan fingerprint density at radius 3 is 2.38 bits per heavy atom. The number of rotatable bonds is 7. The summed E-state index contributed by atoms with van der Waals surface area (Å²) in [5.41, 5.74) is 1.25. The lowest BCUT2D eigenvalue weighted by molar-refractivity contribution is 0.0259. The number of aryl methyl sites for hydroxylation is 2. The highest BCUT2D eigenvalue weighted by Gasteiger charge is 2.12. The fourth-order valence-electron chi connectivity index (χ4n) is 1.89. The number of nitrogens with one attached hydrogen (secondary N) is 1. The summed E-state index contributed by atoms with van der Waals surface area (Å²) in [6.07, 6.45) is -0.754. The largest absolute Gasteiger partial charge is 0.389 e. The van der Waals surface area contributed by atoms with Crippen LogP contribution in [-0.2, 0) is 4.74 Å². The van der Waals surface area contributed by atoms with Crippen molar-refractivity contribution < 1.29 is 19.0 Å². The summed E-state index contributed by atoms with van der Waals surface area (Å²) in [5, 5.41) is 12.3. The standard InChI is InChI=1S/C16H24FNO3/c1-10(2)8-21-9-14(19)7-18-16(20)13-5-11(3)15(17)12(4)6-13/h5-6,10,14,19H,7-9H2,1-4H3,(H,18,20). The molecule has 0 fully saturated rings. The van der Waals surface area contributed by atoms with E-state index in [1.807, 2.05) is 13.8 Å². The van der Waals surface area contributed by atoms with E-state index >= 15 is 0 Å². The first kappa shape index (κ1) is 17.6. The van der Waals surface area contributed by atoms with Gasteiger partial charge < -0.3 is 15.2 Å². The van der Waals surface area contributed by atoms with Gasteiger partial charge in [-0.3, -0.25) is 4.79 Å². The third-order valence-corrected chi connectivity index (χ3v) is 2.96. The fourth-order valence-corrected chi connectivity index (χ4v) is 1.89. The van der Waals surface area contributed by atoms with Gasteiger partial charge in [0.05, 0.1) is 12.7 Å². The molecule has 0 aromatic heterocycles. The second kappa shape index (κ2) is 8.10. The number of hydrogen-bond donors (Lipinski definition) is 2. The molecule has 0 saturated heterocycles. The van der Waals surface area contributed by atoms with Crippen LogP contribution in [0, 0.1) is 25.6 Å². The van der Waals surface area contributed by atoms with Gasteiger partial charge in [-0.2, -0.15) is 0 Å². The van der Waals surface area contributed by atoms with Crippen molar-refractivity contribution in [2.75, 3.05) is 19.8 Å². The molecule has 0 aliphatic carbocycles. The van der Waals surface area contributed by atoms with E-state index in [0.717, 1.165) is 0 Å². The van der Waals surface area contributed by atoms with Crippen LogP contribution in [0.1, 0.15) is 35.3 Å². The Bertz CT molecular complexity index is 465. The summed E-state index contributed by atoms with van der Waals surface area (Å²) < 4.78 is 18.8. The molecule has 0 saturated carbocycles. The van der Waals surface area contributed by atoms with E-state index in [2.05, 4.69) is 5.32 Å². The SMILES string of the molecule is Cc1cc(C(=O)NCC(O)COCC(C)C)cc(C)c1F. The van der Waals surface area contributed by atoms with Gasteiger partial charge in [0.1, 0.15) is 5.82 Å². The maximum absolute atomic E-state index is 13.5. The molecule has 4 nitrogen and oxygen atoms in total. The normalized spacial score (nSPS) is 12.5. The lowest BCUT2D eigenvalue weighted by Crippen LogP contribution is -2.35. The van der Waals surface area contributed by atoms with Crippen LogP contribution in [0.25, 0.3) is 0 Å². The van der Waals surface area contributed by atoms with Crippen molar-refractivity contribution in [2.45, 2.75) is 33.8 Å². The van der Waals surface area contributed by atoms with Gasteiger partial charge in [-0.15, -0.1) is 0 Å². The van der Waals surface area contributed by atoms with E-state index in [-0.39, 0.29) is 24.9 Å². The molecule has 2 N–H and O–H groups in total. The number of carbonyl (C=O) groups excluding carboxylic acids is 1. The Balaban J connectivity index is 2.47. The topological polar surface area (TPSA) is 58.6 Å². The van der Waals surface area contributed by atoms with Crippen molar-refractivity contribution in [3.63, 3.8) is 0 Å². The first-order valence-corrected chi connectivity index (χ1v) is 7.12. The lowest BCUT2D eigenvalue weighted by Gasteiger charge is -2.14. The van der Waals surface area contributed by atoms with Crippen LogP contribution in [-0.4, -0.2) is 36.9 Å². The molecule has 1 aromatic carbocycles. The zero-order valence-electron chi connectivity index (χ0n) is 13.1. The Hall–Kier alpha value is -1.46. The number of aliphatic hydroxyl groups excluding tert-OH is 1. The van der Waals surface area contributed by atoms with Gasteiger partial charge in [-0.1, -0.05) is 13.8 Å². The number of ether oxygens (including phenoxy) is 1. The van der Waals surface area contributed by atoms with Crippen molar-refractivity contribution >= 4 is 5.91 Å². The van der Waals surface area contributed by atoms with Gasteiger partial charge in [0.15, 0.2) is 0 Å². The molecule has 1 atom stereocenters. The summed E-state index contributed by atoms with van der Waals surface area (Å²) >= 11 is 0. The summed E-state index contributed by atoms with van der Waals surface area (Å²) in [6.45, 7) is 8.13. The van der Waals surface area contributed by atoms with Crippen LogP contribution in [0.2, 0.25) is 0 Å². The molecular formula is C16H24FNO3. The van der Waals surface area contributed by atoms with Crippen molar-refractivity contribution in [1.82, 2.24) is 5.32 Å². The van der Waals surface area contributed by atoms with Crippen molar-refractivity contribution in [3.05, 3.63) is 34.6 Å². The third kappa shape index (κ3) is 5.81. The van der Waals surface area contributed by atoms with E-state index in [0.29, 0.717) is 29.2 Å². The van der Waals surface area contributed by atoms with Crippen molar-refractivity contribution in [2.24, 2.45) is 5.92 Å². The van der Waals surface area contributed by atoms with Crippen LogP contribution in [0.4, 0.5) is 4.39 Å². The molecule has 1 unspecified atom stereocenters. The predicted molar refractivity (Wildman–Crippen MR) is 79.9 cm³/mol. The molecule has 0 spiro atoms. The second-order valence-corrected chi connectivity index (χ2v) is 5.72. The minimum Gasteiger partial charge on any atom is -0.389 e. The van der Waals surface area contributed by atoms with E-state index < -0.39 is 6.10 Å². The molecular weight excluding hydrogens is 273 g/mol. The van der Waals surface area contributed by atoms with Crippen LogP contribution in [0.15, 0.2) is 12.1 Å². The Morgan fingerprint density at radius 2 is 1.86 bits per heavy atom.